The van der Waals surface area contributed by atoms with Crippen LogP contribution in [0.5, 0.6) is 0 Å². The average Bonchev–Trinajstić information content (AvgIpc) is 3.17. The van der Waals surface area contributed by atoms with E-state index in [9.17, 15) is 0 Å². The molecular weight excluding hydrogens is 208 g/mol. The Morgan fingerprint density at radius 3 is 2.35 bits per heavy atom. The number of nitrogen functional groups attached to an aromatic ring is 1. The molecule has 2 aromatic rings. The SMILES string of the molecule is Nc1cc(-c2ccccc2)ccc1NC1CC1. The van der Waals surface area contributed by atoms with Crippen LogP contribution < -0.4 is 11.1 Å². The fourth-order valence-electron chi connectivity index (χ4n) is 1.95. The third kappa shape index (κ3) is 2.26. The first-order valence-corrected chi connectivity index (χ1v) is 6.04. The van der Waals surface area contributed by atoms with Gasteiger partial charge in [0.15, 0.2) is 0 Å². The number of anilines is 2. The number of benzene rings is 2. The van der Waals surface area contributed by atoms with E-state index in [1.165, 1.54) is 24.0 Å². The van der Waals surface area contributed by atoms with Crippen LogP contribution in [-0.4, -0.2) is 6.04 Å². The Morgan fingerprint density at radius 2 is 1.71 bits per heavy atom. The summed E-state index contributed by atoms with van der Waals surface area (Å²) in [4.78, 5) is 0. The first-order chi connectivity index (χ1) is 8.33. The number of nitrogens with two attached hydrogens (primary N) is 1. The monoisotopic (exact) mass is 224 g/mol. The molecule has 0 radical (unpaired) electrons. The Hall–Kier alpha value is -1.96. The van der Waals surface area contributed by atoms with E-state index in [1.54, 1.807) is 0 Å². The minimum atomic E-state index is 0.639. The van der Waals surface area contributed by atoms with Crippen molar-refractivity contribution in [3.63, 3.8) is 0 Å². The Kier molecular flexibility index (Phi) is 2.48. The van der Waals surface area contributed by atoms with Gasteiger partial charge in [0, 0.05) is 6.04 Å². The van der Waals surface area contributed by atoms with Crippen LogP contribution in [0.2, 0.25) is 0 Å². The number of hydrogen-bond acceptors (Lipinski definition) is 2. The van der Waals surface area contributed by atoms with Crippen molar-refractivity contribution in [3.05, 3.63) is 48.5 Å². The fraction of sp³-hybridized carbons (Fsp3) is 0.200. The van der Waals surface area contributed by atoms with Gasteiger partial charge < -0.3 is 11.1 Å². The van der Waals surface area contributed by atoms with Crippen LogP contribution in [0.3, 0.4) is 0 Å². The third-order valence-electron chi connectivity index (χ3n) is 3.10. The third-order valence-corrected chi connectivity index (χ3v) is 3.10. The summed E-state index contributed by atoms with van der Waals surface area (Å²) in [6.07, 6.45) is 2.53. The van der Waals surface area contributed by atoms with E-state index in [0.717, 1.165) is 11.4 Å². The van der Waals surface area contributed by atoms with Crippen molar-refractivity contribution in [2.45, 2.75) is 18.9 Å². The lowest BCUT2D eigenvalue weighted by atomic mass is 10.0. The highest BCUT2D eigenvalue weighted by Crippen LogP contribution is 2.31. The molecule has 0 unspecified atom stereocenters. The van der Waals surface area contributed by atoms with E-state index < -0.39 is 0 Å². The molecule has 0 heterocycles. The van der Waals surface area contributed by atoms with Crippen molar-refractivity contribution < 1.29 is 0 Å². The predicted molar refractivity (Wildman–Crippen MR) is 72.9 cm³/mol. The second-order valence-electron chi connectivity index (χ2n) is 4.59. The Morgan fingerprint density at radius 1 is 0.941 bits per heavy atom. The molecule has 17 heavy (non-hydrogen) atoms. The van der Waals surface area contributed by atoms with Gasteiger partial charge >= 0.3 is 0 Å². The topological polar surface area (TPSA) is 38.0 Å². The predicted octanol–water partition coefficient (Wildman–Crippen LogP) is 3.51. The van der Waals surface area contributed by atoms with Crippen LogP contribution in [0.1, 0.15) is 12.8 Å². The minimum Gasteiger partial charge on any atom is -0.397 e. The number of hydrogen-bond donors (Lipinski definition) is 2. The van der Waals surface area contributed by atoms with Gasteiger partial charge in [0.1, 0.15) is 0 Å². The van der Waals surface area contributed by atoms with Crippen LogP contribution in [0.4, 0.5) is 11.4 Å². The quantitative estimate of drug-likeness (QED) is 0.783. The number of rotatable bonds is 3. The smallest absolute Gasteiger partial charge is 0.0576 e. The van der Waals surface area contributed by atoms with Crippen molar-refractivity contribution >= 4 is 11.4 Å². The maximum Gasteiger partial charge on any atom is 0.0576 e. The molecule has 2 heteroatoms. The van der Waals surface area contributed by atoms with E-state index in [1.807, 2.05) is 24.3 Å². The highest BCUT2D eigenvalue weighted by Gasteiger charge is 2.21. The zero-order valence-corrected chi connectivity index (χ0v) is 9.69. The molecule has 2 nitrogen and oxygen atoms in total. The van der Waals surface area contributed by atoms with Crippen LogP contribution in [-0.2, 0) is 0 Å². The maximum atomic E-state index is 6.07. The molecule has 1 fully saturated rings. The van der Waals surface area contributed by atoms with E-state index >= 15 is 0 Å². The van der Waals surface area contributed by atoms with Crippen molar-refractivity contribution in [1.29, 1.82) is 0 Å². The molecule has 1 aliphatic carbocycles. The summed E-state index contributed by atoms with van der Waals surface area (Å²) in [7, 11) is 0. The van der Waals surface area contributed by atoms with Crippen molar-refractivity contribution in [2.24, 2.45) is 0 Å². The summed E-state index contributed by atoms with van der Waals surface area (Å²) in [6.45, 7) is 0. The van der Waals surface area contributed by atoms with Crippen molar-refractivity contribution in [3.8, 4) is 11.1 Å². The molecule has 0 aromatic heterocycles. The average molecular weight is 224 g/mol. The van der Waals surface area contributed by atoms with Gasteiger partial charge in [-0.15, -0.1) is 0 Å². The van der Waals surface area contributed by atoms with E-state index in [2.05, 4.69) is 29.6 Å². The molecule has 86 valence electrons. The van der Waals surface area contributed by atoms with Crippen LogP contribution in [0, 0.1) is 0 Å². The van der Waals surface area contributed by atoms with Gasteiger partial charge in [0.25, 0.3) is 0 Å². The second-order valence-corrected chi connectivity index (χ2v) is 4.59. The van der Waals surface area contributed by atoms with E-state index in [4.69, 9.17) is 5.73 Å². The lowest BCUT2D eigenvalue weighted by Gasteiger charge is -2.10. The Labute approximate surface area is 101 Å². The zero-order chi connectivity index (χ0) is 11.7. The Bertz CT molecular complexity index is 516. The van der Waals surface area contributed by atoms with Crippen LogP contribution in [0.25, 0.3) is 11.1 Å². The first-order valence-electron chi connectivity index (χ1n) is 6.04. The largest absolute Gasteiger partial charge is 0.397 e. The summed E-state index contributed by atoms with van der Waals surface area (Å²) in [5, 5.41) is 3.44. The summed E-state index contributed by atoms with van der Waals surface area (Å²) in [5.41, 5.74) is 10.3. The van der Waals surface area contributed by atoms with Gasteiger partial charge in [-0.2, -0.15) is 0 Å². The van der Waals surface area contributed by atoms with Gasteiger partial charge in [0.05, 0.1) is 11.4 Å². The van der Waals surface area contributed by atoms with Gasteiger partial charge in [-0.3, -0.25) is 0 Å². The van der Waals surface area contributed by atoms with Crippen LogP contribution >= 0.6 is 0 Å². The highest BCUT2D eigenvalue weighted by molar-refractivity contribution is 5.76. The maximum absolute atomic E-state index is 6.07. The van der Waals surface area contributed by atoms with Gasteiger partial charge in [-0.1, -0.05) is 36.4 Å². The summed E-state index contributed by atoms with van der Waals surface area (Å²) < 4.78 is 0. The molecule has 0 bridgehead atoms. The molecular formula is C15H16N2. The van der Waals surface area contributed by atoms with Gasteiger partial charge in [-0.25, -0.2) is 0 Å². The molecule has 1 saturated carbocycles. The van der Waals surface area contributed by atoms with Crippen molar-refractivity contribution in [2.75, 3.05) is 11.1 Å². The molecule has 2 aromatic carbocycles. The molecule has 0 saturated heterocycles. The van der Waals surface area contributed by atoms with Crippen molar-refractivity contribution in [1.82, 2.24) is 0 Å². The summed E-state index contributed by atoms with van der Waals surface area (Å²) in [5.74, 6) is 0. The van der Waals surface area contributed by atoms with Gasteiger partial charge in [-0.05, 0) is 36.1 Å². The highest BCUT2D eigenvalue weighted by atomic mass is 15.0. The van der Waals surface area contributed by atoms with E-state index in [0.29, 0.717) is 6.04 Å². The Balaban J connectivity index is 1.89. The molecule has 0 amide bonds. The molecule has 0 aliphatic heterocycles. The number of nitrogens with one attached hydrogen (secondary N) is 1. The normalized spacial score (nSPS) is 14.6. The summed E-state index contributed by atoms with van der Waals surface area (Å²) in [6, 6.07) is 17.2. The molecule has 3 N–H and O–H groups in total. The van der Waals surface area contributed by atoms with E-state index in [-0.39, 0.29) is 0 Å². The lowest BCUT2D eigenvalue weighted by molar-refractivity contribution is 1.16. The van der Waals surface area contributed by atoms with Crippen LogP contribution in [0.15, 0.2) is 48.5 Å². The minimum absolute atomic E-state index is 0.639. The lowest BCUT2D eigenvalue weighted by Crippen LogP contribution is -2.03. The molecule has 0 atom stereocenters. The molecule has 1 aliphatic rings. The standard InChI is InChI=1S/C15H16N2/c16-14-10-12(11-4-2-1-3-5-11)6-9-15(14)17-13-7-8-13/h1-6,9-10,13,17H,7-8,16H2. The zero-order valence-electron chi connectivity index (χ0n) is 9.69. The molecule has 0 spiro atoms. The fourth-order valence-corrected chi connectivity index (χ4v) is 1.95. The second kappa shape index (κ2) is 4.13. The van der Waals surface area contributed by atoms with Gasteiger partial charge in [0.2, 0.25) is 0 Å². The first kappa shape index (κ1) is 10.2. The summed E-state index contributed by atoms with van der Waals surface area (Å²) >= 11 is 0. The molecule has 3 rings (SSSR count).